The van der Waals surface area contributed by atoms with Crippen LogP contribution in [0.25, 0.3) is 11.1 Å². The van der Waals surface area contributed by atoms with Gasteiger partial charge in [0.15, 0.2) is 0 Å². The third-order valence-corrected chi connectivity index (χ3v) is 6.58. The summed E-state index contributed by atoms with van der Waals surface area (Å²) < 4.78 is 20.8. The second-order valence-corrected chi connectivity index (χ2v) is 10.8. The van der Waals surface area contributed by atoms with E-state index in [0.717, 1.165) is 14.7 Å². The van der Waals surface area contributed by atoms with Gasteiger partial charge >= 0.3 is 0 Å². The van der Waals surface area contributed by atoms with Gasteiger partial charge in [-0.2, -0.15) is 0 Å². The summed E-state index contributed by atoms with van der Waals surface area (Å²) in [6.07, 6.45) is 0. The van der Waals surface area contributed by atoms with Crippen LogP contribution in [-0.4, -0.2) is 110 Å². The van der Waals surface area contributed by atoms with Gasteiger partial charge in [0.05, 0.1) is 35.9 Å². The molecule has 0 aliphatic carbocycles. The van der Waals surface area contributed by atoms with E-state index in [9.17, 15) is 63.9 Å². The van der Waals surface area contributed by atoms with E-state index >= 15 is 0 Å². The maximum Gasteiger partial charge on any atom is 0.124 e. The molecule has 0 bridgehead atoms. The van der Waals surface area contributed by atoms with Gasteiger partial charge in [-0.15, -0.1) is 0 Å². The fourth-order valence-corrected chi connectivity index (χ4v) is 4.65. The SMILES string of the molecule is O=C([O-])CN(CCN(CC(=O)[O-])C[C@H](COc1ccc(-c2ccc(OP(=O)([O-])[O-])cc2)cc1)N(CC(=O)[O-])CC(=O)[O-])CC(=O)[O-].[Gd].[Gd].[Gd]. The molecule has 0 saturated carbocycles. The van der Waals surface area contributed by atoms with E-state index in [0.29, 0.717) is 11.1 Å². The molecule has 0 saturated heterocycles. The van der Waals surface area contributed by atoms with Crippen molar-refractivity contribution in [3.63, 3.8) is 0 Å². The first kappa shape index (κ1) is 50.5. The Balaban J connectivity index is 0. The number of ether oxygens (including phenoxy) is 1. The van der Waals surface area contributed by atoms with Crippen LogP contribution in [0.2, 0.25) is 0 Å². The van der Waals surface area contributed by atoms with Gasteiger partial charge < -0.3 is 73.1 Å². The molecule has 22 heteroatoms. The number of carbonyl (C=O) groups is 5. The fraction of sp³-hybridized carbons (Fsp3) is 0.370. The average Bonchev–Trinajstić information content (AvgIpc) is 2.92. The minimum atomic E-state index is -5.23. The molecule has 49 heavy (non-hydrogen) atoms. The number of nitrogens with zero attached hydrogens (tertiary/aromatic N) is 3. The third-order valence-electron chi connectivity index (χ3n) is 6.14. The van der Waals surface area contributed by atoms with Crippen molar-refractivity contribution < 1.29 is 193 Å². The predicted molar refractivity (Wildman–Crippen MR) is 139 cm³/mol. The second-order valence-electron chi connectivity index (χ2n) is 9.76. The molecule has 0 aliphatic heterocycles. The van der Waals surface area contributed by atoms with E-state index < -0.39 is 83.0 Å². The predicted octanol–water partition coefficient (Wildman–Crippen LogP) is -8.04. The summed E-state index contributed by atoms with van der Waals surface area (Å²) in [5, 5.41) is 56.3. The van der Waals surface area contributed by atoms with Crippen LogP contribution < -0.4 is 44.6 Å². The molecule has 2 aromatic carbocycles. The van der Waals surface area contributed by atoms with Crippen LogP contribution in [0.3, 0.4) is 0 Å². The Morgan fingerprint density at radius 3 is 1.35 bits per heavy atom. The van der Waals surface area contributed by atoms with Crippen LogP contribution in [0.15, 0.2) is 48.5 Å². The van der Waals surface area contributed by atoms with Crippen LogP contribution >= 0.6 is 7.82 Å². The second kappa shape index (κ2) is 25.4. The third kappa shape index (κ3) is 22.2. The zero-order chi connectivity index (χ0) is 34.4. The minimum absolute atomic E-state index is 0. The number of rotatable bonds is 22. The fourth-order valence-electron chi connectivity index (χ4n) is 4.27. The summed E-state index contributed by atoms with van der Waals surface area (Å²) in [5.41, 5.74) is 1.22. The topological polar surface area (TPSA) is 292 Å². The largest absolute Gasteiger partial charge is 0.780 e. The van der Waals surface area contributed by atoms with E-state index in [2.05, 4.69) is 4.52 Å². The molecule has 2 aromatic rings. The van der Waals surface area contributed by atoms with E-state index in [-0.39, 0.29) is 151 Å². The zero-order valence-corrected chi connectivity index (χ0v) is 32.7. The first-order chi connectivity index (χ1) is 21.5. The Hall–Kier alpha value is -0.606. The Bertz CT molecular complexity index is 1380. The van der Waals surface area contributed by atoms with Crippen LogP contribution in [0, 0.1) is 120 Å². The number of phosphoric acid groups is 1. The number of aliphatic carboxylic acids is 5. The molecule has 0 aromatic heterocycles. The molecule has 0 heterocycles. The van der Waals surface area contributed by atoms with Gasteiger partial charge in [0, 0.05) is 172 Å². The first-order valence-electron chi connectivity index (χ1n) is 13.2. The van der Waals surface area contributed by atoms with Crippen molar-refractivity contribution in [2.75, 3.05) is 59.0 Å². The van der Waals surface area contributed by atoms with Crippen molar-refractivity contribution in [2.24, 2.45) is 0 Å². The molecule has 0 amide bonds. The van der Waals surface area contributed by atoms with Crippen molar-refractivity contribution in [3.05, 3.63) is 48.5 Å². The quantitative estimate of drug-likeness (QED) is 0.0990. The molecule has 0 N–H and O–H groups in total. The molecule has 0 fully saturated rings. The standard InChI is InChI=1S/C27H34N3O15P.3Gd/c31-23(32)12-28(9-10-29(13-24(33)34)14-25(35)36)11-20(30(15-26(37)38)16-27(39)40)17-44-21-5-1-18(2-6-21)19-3-7-22(8-4-19)45-46(41,42)43;;;/h1-8,20H,9-17H2,(H,31,32)(H,33,34)(H,35,36)(H,37,38)(H,39,40)(H2,41,42,43);;;/p-7/t20-;;;/m1.../s1. The van der Waals surface area contributed by atoms with Gasteiger partial charge in [-0.1, -0.05) is 24.3 Å². The average molecular weight is 1140 g/mol. The molecule has 0 spiro atoms. The van der Waals surface area contributed by atoms with Crippen molar-refractivity contribution in [1.29, 1.82) is 0 Å². The maximum atomic E-state index is 11.4. The van der Waals surface area contributed by atoms with Gasteiger partial charge in [0.25, 0.3) is 0 Å². The number of carbonyl (C=O) groups excluding carboxylic acids is 5. The molecule has 0 aliphatic rings. The normalized spacial score (nSPS) is 11.4. The molecule has 0 unspecified atom stereocenters. The smallest absolute Gasteiger partial charge is 0.124 e. The number of carboxylic acid groups (broad SMARTS) is 5. The van der Waals surface area contributed by atoms with Gasteiger partial charge in [-0.25, -0.2) is 0 Å². The Morgan fingerprint density at radius 2 is 0.959 bits per heavy atom. The van der Waals surface area contributed by atoms with E-state index in [4.69, 9.17) is 4.74 Å². The summed E-state index contributed by atoms with van der Waals surface area (Å²) >= 11 is 0. The molecular weight excluding hydrogens is 1110 g/mol. The Kier molecular flexibility index (Phi) is 26.2. The number of hydrogen-bond acceptors (Lipinski definition) is 18. The first-order valence-corrected chi connectivity index (χ1v) is 14.7. The van der Waals surface area contributed by atoms with Crippen LogP contribution in [0.5, 0.6) is 11.5 Å². The monoisotopic (exact) mass is 1140 g/mol. The summed E-state index contributed by atoms with van der Waals surface area (Å²) in [6.45, 7) is -5.64. The molecule has 276 valence electrons. The van der Waals surface area contributed by atoms with Gasteiger partial charge in [0.1, 0.15) is 25.9 Å². The number of benzene rings is 2. The molecule has 18 nitrogen and oxygen atoms in total. The summed E-state index contributed by atoms with van der Waals surface area (Å²) in [5.74, 6) is -8.11. The van der Waals surface area contributed by atoms with Gasteiger partial charge in [-0.05, 0) is 35.4 Å². The van der Waals surface area contributed by atoms with Crippen LogP contribution in [0.1, 0.15) is 0 Å². The Labute approximate surface area is 376 Å². The van der Waals surface area contributed by atoms with Gasteiger partial charge in [-0.3, -0.25) is 14.7 Å². The molecule has 1 atom stereocenters. The molecular formula is C27H27Gd3N3O15P-7. The number of hydrogen-bond donors (Lipinski definition) is 0. The van der Waals surface area contributed by atoms with Crippen molar-refractivity contribution >= 4 is 37.7 Å². The summed E-state index contributed by atoms with van der Waals surface area (Å²) in [6, 6.07) is 10.6. The van der Waals surface area contributed by atoms with Crippen LogP contribution in [0.4, 0.5) is 0 Å². The van der Waals surface area contributed by atoms with E-state index in [1.807, 2.05) is 0 Å². The maximum absolute atomic E-state index is 11.4. The van der Waals surface area contributed by atoms with Gasteiger partial charge in [0.2, 0.25) is 0 Å². The minimum Gasteiger partial charge on any atom is -0.780 e. The zero-order valence-electron chi connectivity index (χ0n) is 25.0. The summed E-state index contributed by atoms with van der Waals surface area (Å²) in [4.78, 5) is 80.8. The van der Waals surface area contributed by atoms with E-state index in [1.54, 1.807) is 12.1 Å². The molecule has 2 rings (SSSR count). The Morgan fingerprint density at radius 1 is 0.592 bits per heavy atom. The summed E-state index contributed by atoms with van der Waals surface area (Å²) in [7, 11) is -5.23. The number of phosphoric ester groups is 1. The van der Waals surface area contributed by atoms with Crippen molar-refractivity contribution in [1.82, 2.24) is 14.7 Å². The van der Waals surface area contributed by atoms with Crippen molar-refractivity contribution in [3.8, 4) is 22.6 Å². The number of carboxylic acids is 5. The van der Waals surface area contributed by atoms with Crippen LogP contribution in [-0.2, 0) is 28.5 Å². The van der Waals surface area contributed by atoms with Crippen molar-refractivity contribution in [2.45, 2.75) is 6.04 Å². The molecule has 0 radical (unpaired) electrons. The van der Waals surface area contributed by atoms with E-state index in [1.165, 1.54) is 36.4 Å².